The van der Waals surface area contributed by atoms with Gasteiger partial charge in [0.25, 0.3) is 0 Å². The van der Waals surface area contributed by atoms with Gasteiger partial charge in [-0.25, -0.2) is 9.78 Å². The van der Waals surface area contributed by atoms with E-state index in [-0.39, 0.29) is 5.76 Å². The monoisotopic (exact) mass is 263 g/mol. The van der Waals surface area contributed by atoms with Crippen molar-refractivity contribution in [2.75, 3.05) is 12.4 Å². The van der Waals surface area contributed by atoms with E-state index in [4.69, 9.17) is 14.3 Å². The van der Waals surface area contributed by atoms with E-state index in [1.807, 2.05) is 6.92 Å². The molecular formula is C12H13N3O4. The number of rotatable bonds is 5. The third-order valence-corrected chi connectivity index (χ3v) is 2.33. The van der Waals surface area contributed by atoms with Gasteiger partial charge in [-0.3, -0.25) is 0 Å². The number of carboxylic acid groups (broad SMARTS) is 1. The number of ether oxygens (including phenoxy) is 1. The van der Waals surface area contributed by atoms with Crippen LogP contribution in [0.3, 0.4) is 0 Å². The fraction of sp³-hybridized carbons (Fsp3) is 0.250. The lowest BCUT2D eigenvalue weighted by atomic mass is 10.4. The van der Waals surface area contributed by atoms with Crippen LogP contribution in [0.2, 0.25) is 0 Å². The molecule has 2 N–H and O–H groups in total. The molecule has 0 aliphatic heterocycles. The second-order valence-corrected chi connectivity index (χ2v) is 3.80. The van der Waals surface area contributed by atoms with Crippen LogP contribution in [0.1, 0.15) is 22.0 Å². The van der Waals surface area contributed by atoms with E-state index in [1.165, 1.54) is 13.2 Å². The van der Waals surface area contributed by atoms with Crippen LogP contribution >= 0.6 is 0 Å². The van der Waals surface area contributed by atoms with Crippen LogP contribution in [0.4, 0.5) is 5.95 Å². The van der Waals surface area contributed by atoms with Gasteiger partial charge >= 0.3 is 5.97 Å². The number of anilines is 1. The summed E-state index contributed by atoms with van der Waals surface area (Å²) in [6.07, 6.45) is 0. The molecule has 100 valence electrons. The summed E-state index contributed by atoms with van der Waals surface area (Å²) in [5.41, 5.74) is 0.764. The van der Waals surface area contributed by atoms with E-state index in [2.05, 4.69) is 15.3 Å². The van der Waals surface area contributed by atoms with Gasteiger partial charge in [0, 0.05) is 11.8 Å². The van der Waals surface area contributed by atoms with Gasteiger partial charge in [0.1, 0.15) is 5.76 Å². The number of furan rings is 1. The highest BCUT2D eigenvalue weighted by atomic mass is 16.5. The molecule has 0 atom stereocenters. The Labute approximate surface area is 109 Å². The van der Waals surface area contributed by atoms with Crippen LogP contribution in [-0.4, -0.2) is 28.2 Å². The van der Waals surface area contributed by atoms with Gasteiger partial charge < -0.3 is 19.6 Å². The third-order valence-electron chi connectivity index (χ3n) is 2.33. The van der Waals surface area contributed by atoms with Crippen molar-refractivity contribution in [2.45, 2.75) is 13.5 Å². The van der Waals surface area contributed by atoms with Crippen molar-refractivity contribution < 1.29 is 19.1 Å². The summed E-state index contributed by atoms with van der Waals surface area (Å²) < 4.78 is 10.1. The SMILES string of the molecule is COc1cc(C)nc(NCc2ccc(C(=O)O)o2)n1. The molecule has 0 saturated carbocycles. The van der Waals surface area contributed by atoms with Crippen molar-refractivity contribution in [2.24, 2.45) is 0 Å². The molecule has 0 fully saturated rings. The summed E-state index contributed by atoms with van der Waals surface area (Å²) in [5.74, 6) is 0.145. The minimum atomic E-state index is -1.10. The number of carbonyl (C=O) groups is 1. The molecule has 0 radical (unpaired) electrons. The molecule has 2 heterocycles. The van der Waals surface area contributed by atoms with Crippen LogP contribution in [0.25, 0.3) is 0 Å². The fourth-order valence-corrected chi connectivity index (χ4v) is 1.48. The minimum absolute atomic E-state index is 0.0976. The second kappa shape index (κ2) is 5.38. The highest BCUT2D eigenvalue weighted by Crippen LogP contribution is 2.13. The van der Waals surface area contributed by atoms with Crippen molar-refractivity contribution in [3.63, 3.8) is 0 Å². The summed E-state index contributed by atoms with van der Waals surface area (Å²) >= 11 is 0. The number of aromatic carboxylic acids is 1. The molecule has 0 aliphatic carbocycles. The predicted octanol–water partition coefficient (Wildman–Crippen LogP) is 1.70. The van der Waals surface area contributed by atoms with E-state index >= 15 is 0 Å². The smallest absolute Gasteiger partial charge is 0.371 e. The first-order valence-corrected chi connectivity index (χ1v) is 5.54. The lowest BCUT2D eigenvalue weighted by Gasteiger charge is -2.05. The van der Waals surface area contributed by atoms with Crippen LogP contribution in [0, 0.1) is 6.92 Å². The van der Waals surface area contributed by atoms with Gasteiger partial charge in [-0.1, -0.05) is 0 Å². The molecule has 0 spiro atoms. The number of nitrogens with zero attached hydrogens (tertiary/aromatic N) is 2. The standard InChI is InChI=1S/C12H13N3O4/c1-7-5-10(18-2)15-12(14-7)13-6-8-3-4-9(19-8)11(16)17/h3-5H,6H2,1-2H3,(H,16,17)(H,13,14,15). The van der Waals surface area contributed by atoms with Crippen molar-refractivity contribution in [3.05, 3.63) is 35.4 Å². The third kappa shape index (κ3) is 3.21. The summed E-state index contributed by atoms with van der Waals surface area (Å²) in [6.45, 7) is 2.12. The van der Waals surface area contributed by atoms with Crippen molar-refractivity contribution in [3.8, 4) is 5.88 Å². The second-order valence-electron chi connectivity index (χ2n) is 3.80. The Morgan fingerprint density at radius 1 is 1.47 bits per heavy atom. The normalized spacial score (nSPS) is 10.2. The van der Waals surface area contributed by atoms with Gasteiger partial charge in [-0.05, 0) is 19.1 Å². The molecule has 2 rings (SSSR count). The molecule has 0 amide bonds. The molecular weight excluding hydrogens is 250 g/mol. The fourth-order valence-electron chi connectivity index (χ4n) is 1.48. The zero-order valence-electron chi connectivity index (χ0n) is 10.5. The number of aromatic nitrogens is 2. The summed E-state index contributed by atoms with van der Waals surface area (Å²) in [5, 5.41) is 11.7. The largest absolute Gasteiger partial charge is 0.481 e. The molecule has 7 heteroatoms. The minimum Gasteiger partial charge on any atom is -0.481 e. The average molecular weight is 263 g/mol. The lowest BCUT2D eigenvalue weighted by molar-refractivity contribution is 0.0660. The van der Waals surface area contributed by atoms with Crippen LogP contribution < -0.4 is 10.1 Å². The summed E-state index contributed by atoms with van der Waals surface area (Å²) in [6, 6.07) is 4.70. The maximum absolute atomic E-state index is 10.7. The van der Waals surface area contributed by atoms with E-state index in [1.54, 1.807) is 12.1 Å². The number of carboxylic acids is 1. The number of hydrogen-bond acceptors (Lipinski definition) is 6. The highest BCUT2D eigenvalue weighted by Gasteiger charge is 2.09. The van der Waals surface area contributed by atoms with Gasteiger partial charge in [-0.2, -0.15) is 4.98 Å². The first kappa shape index (κ1) is 12.9. The maximum atomic E-state index is 10.7. The quantitative estimate of drug-likeness (QED) is 0.847. The van der Waals surface area contributed by atoms with E-state index in [0.717, 1.165) is 5.69 Å². The molecule has 0 aliphatic rings. The van der Waals surface area contributed by atoms with Gasteiger partial charge in [0.05, 0.1) is 13.7 Å². The maximum Gasteiger partial charge on any atom is 0.371 e. The summed E-state index contributed by atoms with van der Waals surface area (Å²) in [4.78, 5) is 18.9. The Kier molecular flexibility index (Phi) is 3.65. The average Bonchev–Trinajstić information content (AvgIpc) is 2.84. The Morgan fingerprint density at radius 2 is 2.26 bits per heavy atom. The number of nitrogens with one attached hydrogen (secondary N) is 1. The highest BCUT2D eigenvalue weighted by molar-refractivity contribution is 5.84. The number of methoxy groups -OCH3 is 1. The van der Waals surface area contributed by atoms with Crippen molar-refractivity contribution in [1.29, 1.82) is 0 Å². The Morgan fingerprint density at radius 3 is 2.89 bits per heavy atom. The molecule has 19 heavy (non-hydrogen) atoms. The zero-order valence-corrected chi connectivity index (χ0v) is 10.5. The van der Waals surface area contributed by atoms with Gasteiger partial charge in [0.15, 0.2) is 0 Å². The molecule has 7 nitrogen and oxygen atoms in total. The van der Waals surface area contributed by atoms with Gasteiger partial charge in [-0.15, -0.1) is 0 Å². The van der Waals surface area contributed by atoms with Crippen LogP contribution in [-0.2, 0) is 6.54 Å². The molecule has 2 aromatic heterocycles. The Bertz CT molecular complexity index is 594. The molecule has 2 aromatic rings. The first-order chi connectivity index (χ1) is 9.08. The lowest BCUT2D eigenvalue weighted by Crippen LogP contribution is -2.05. The number of aryl methyl sites for hydroxylation is 1. The van der Waals surface area contributed by atoms with Crippen LogP contribution in [0.5, 0.6) is 5.88 Å². The van der Waals surface area contributed by atoms with Crippen molar-refractivity contribution in [1.82, 2.24) is 9.97 Å². The van der Waals surface area contributed by atoms with E-state index in [0.29, 0.717) is 24.1 Å². The Hall–Kier alpha value is -2.57. The number of hydrogen-bond donors (Lipinski definition) is 2. The molecule has 0 saturated heterocycles. The Balaban J connectivity index is 2.05. The van der Waals surface area contributed by atoms with E-state index < -0.39 is 5.97 Å². The topological polar surface area (TPSA) is 97.5 Å². The van der Waals surface area contributed by atoms with Crippen molar-refractivity contribution >= 4 is 11.9 Å². The first-order valence-electron chi connectivity index (χ1n) is 5.54. The summed E-state index contributed by atoms with van der Waals surface area (Å²) in [7, 11) is 1.53. The molecule has 0 unspecified atom stereocenters. The zero-order chi connectivity index (χ0) is 13.8. The van der Waals surface area contributed by atoms with Crippen LogP contribution in [0.15, 0.2) is 22.6 Å². The molecule has 0 bridgehead atoms. The predicted molar refractivity (Wildman–Crippen MR) is 66.3 cm³/mol. The van der Waals surface area contributed by atoms with Gasteiger partial charge in [0.2, 0.25) is 17.6 Å². The molecule has 0 aromatic carbocycles. The van der Waals surface area contributed by atoms with E-state index in [9.17, 15) is 4.79 Å².